The van der Waals surface area contributed by atoms with E-state index in [0.29, 0.717) is 26.6 Å². The number of thioether (sulfide) groups is 1. The molecule has 2 aromatic carbocycles. The number of aromatic nitrogens is 3. The molecule has 0 aliphatic carbocycles. The lowest BCUT2D eigenvalue weighted by molar-refractivity contribution is -0.113. The van der Waals surface area contributed by atoms with Gasteiger partial charge < -0.3 is 15.2 Å². The molecule has 0 aliphatic heterocycles. The van der Waals surface area contributed by atoms with Crippen molar-refractivity contribution >= 4 is 75.1 Å². The van der Waals surface area contributed by atoms with Crippen LogP contribution in [0.4, 0.5) is 5.69 Å². The average Bonchev–Trinajstić information content (AvgIpc) is 3.10. The van der Waals surface area contributed by atoms with Gasteiger partial charge >= 0.3 is 0 Å². The summed E-state index contributed by atoms with van der Waals surface area (Å²) in [6.45, 7) is 1.80. The normalized spacial score (nSPS) is 11.8. The Morgan fingerprint density at radius 1 is 1.13 bits per heavy atom. The Kier molecular flexibility index (Phi) is 8.20. The molecular weight excluding hydrogens is 572 g/mol. The van der Waals surface area contributed by atoms with Gasteiger partial charge in [-0.05, 0) is 72.0 Å². The minimum absolute atomic E-state index is 0.142. The third-order valence-corrected chi connectivity index (χ3v) is 6.72. The summed E-state index contributed by atoms with van der Waals surface area (Å²) in [6, 6.07) is 11.8. The molecule has 2 N–H and O–H groups in total. The highest BCUT2D eigenvalue weighted by Gasteiger charge is 2.19. The highest BCUT2D eigenvalue weighted by molar-refractivity contribution is 14.1. The number of carbonyl (C=O) groups excluding carboxylic acids is 2. The summed E-state index contributed by atoms with van der Waals surface area (Å²) in [7, 11) is 1.79. The second kappa shape index (κ2) is 10.7. The van der Waals surface area contributed by atoms with Crippen LogP contribution in [0, 0.1) is 3.57 Å². The molecule has 1 heterocycles. The van der Waals surface area contributed by atoms with E-state index in [1.54, 1.807) is 30.7 Å². The van der Waals surface area contributed by atoms with Crippen LogP contribution in [0.2, 0.25) is 10.0 Å². The molecule has 11 heteroatoms. The molecule has 0 saturated carbocycles. The van der Waals surface area contributed by atoms with E-state index in [4.69, 9.17) is 23.2 Å². The van der Waals surface area contributed by atoms with Crippen LogP contribution in [-0.2, 0) is 11.8 Å². The standard InChI is InChI=1S/C20H18Cl2IN5O2S/c1-11(24-19(30)12-3-8-15(21)16(22)9-12)18-26-27-20(28(18)2)31-10-17(29)25-14-6-4-13(23)5-7-14/h3-9,11H,10H2,1-2H3,(H,24,30)(H,25,29)/t11-/m0/s1. The molecule has 3 aromatic rings. The molecule has 0 spiro atoms. The fourth-order valence-corrected chi connectivity index (χ4v) is 4.05. The van der Waals surface area contributed by atoms with E-state index in [0.717, 1.165) is 9.26 Å². The van der Waals surface area contributed by atoms with Crippen LogP contribution in [0.15, 0.2) is 47.6 Å². The summed E-state index contributed by atoms with van der Waals surface area (Å²) >= 11 is 15.4. The summed E-state index contributed by atoms with van der Waals surface area (Å²) < 4.78 is 2.85. The molecule has 0 radical (unpaired) electrons. The Labute approximate surface area is 207 Å². The van der Waals surface area contributed by atoms with Gasteiger partial charge in [0.25, 0.3) is 5.91 Å². The van der Waals surface area contributed by atoms with Gasteiger partial charge in [-0.1, -0.05) is 35.0 Å². The van der Waals surface area contributed by atoms with E-state index in [-0.39, 0.29) is 17.6 Å². The lowest BCUT2D eigenvalue weighted by Gasteiger charge is -2.14. The fourth-order valence-electron chi connectivity index (χ4n) is 2.67. The number of carbonyl (C=O) groups is 2. The number of halogens is 3. The summed E-state index contributed by atoms with van der Waals surface area (Å²) in [5.41, 5.74) is 1.13. The van der Waals surface area contributed by atoms with Gasteiger partial charge in [0, 0.05) is 21.9 Å². The molecule has 0 unspecified atom stereocenters. The van der Waals surface area contributed by atoms with Gasteiger partial charge in [0.05, 0.1) is 21.8 Å². The van der Waals surface area contributed by atoms with Crippen molar-refractivity contribution in [3.63, 3.8) is 0 Å². The van der Waals surface area contributed by atoms with Gasteiger partial charge in [-0.2, -0.15) is 0 Å². The number of hydrogen-bond acceptors (Lipinski definition) is 5. The zero-order valence-corrected chi connectivity index (χ0v) is 21.0. The zero-order valence-electron chi connectivity index (χ0n) is 16.5. The molecule has 3 rings (SSSR count). The minimum Gasteiger partial charge on any atom is -0.342 e. The van der Waals surface area contributed by atoms with E-state index in [1.165, 1.54) is 17.8 Å². The first-order valence-corrected chi connectivity index (χ1v) is 11.9. The number of anilines is 1. The van der Waals surface area contributed by atoms with Gasteiger partial charge in [-0.3, -0.25) is 9.59 Å². The van der Waals surface area contributed by atoms with Gasteiger partial charge in [0.15, 0.2) is 11.0 Å². The highest BCUT2D eigenvalue weighted by atomic mass is 127. The first kappa shape index (κ1) is 23.8. The van der Waals surface area contributed by atoms with Gasteiger partial charge in [0.1, 0.15) is 0 Å². The Morgan fingerprint density at radius 3 is 2.52 bits per heavy atom. The molecule has 0 fully saturated rings. The van der Waals surface area contributed by atoms with Gasteiger partial charge in [0.2, 0.25) is 5.91 Å². The maximum Gasteiger partial charge on any atom is 0.251 e. The topological polar surface area (TPSA) is 88.9 Å². The van der Waals surface area contributed by atoms with Crippen molar-refractivity contribution in [2.75, 3.05) is 11.1 Å². The van der Waals surface area contributed by atoms with Crippen molar-refractivity contribution in [1.82, 2.24) is 20.1 Å². The third-order valence-electron chi connectivity index (χ3n) is 4.25. The summed E-state index contributed by atoms with van der Waals surface area (Å²) in [4.78, 5) is 24.7. The summed E-state index contributed by atoms with van der Waals surface area (Å²) in [5.74, 6) is 0.299. The van der Waals surface area contributed by atoms with Crippen LogP contribution >= 0.6 is 57.6 Å². The lowest BCUT2D eigenvalue weighted by Crippen LogP contribution is -2.28. The van der Waals surface area contributed by atoms with Crippen molar-refractivity contribution in [3.8, 4) is 0 Å². The van der Waals surface area contributed by atoms with Gasteiger partial charge in [-0.15, -0.1) is 10.2 Å². The van der Waals surface area contributed by atoms with Crippen LogP contribution in [-0.4, -0.2) is 32.3 Å². The third kappa shape index (κ3) is 6.34. The Morgan fingerprint density at radius 2 is 1.84 bits per heavy atom. The molecule has 7 nitrogen and oxygen atoms in total. The van der Waals surface area contributed by atoms with Crippen molar-refractivity contribution in [2.45, 2.75) is 18.1 Å². The second-order valence-corrected chi connectivity index (χ2v) is 9.57. The van der Waals surface area contributed by atoms with Crippen LogP contribution in [0.3, 0.4) is 0 Å². The van der Waals surface area contributed by atoms with Crippen LogP contribution in [0.5, 0.6) is 0 Å². The predicted molar refractivity (Wildman–Crippen MR) is 132 cm³/mol. The Balaban J connectivity index is 1.58. The number of benzene rings is 2. The van der Waals surface area contributed by atoms with Crippen LogP contribution in [0.1, 0.15) is 29.1 Å². The molecule has 1 atom stereocenters. The van der Waals surface area contributed by atoms with Crippen LogP contribution in [0.25, 0.3) is 0 Å². The summed E-state index contributed by atoms with van der Waals surface area (Å²) in [6.07, 6.45) is 0. The largest absolute Gasteiger partial charge is 0.342 e. The average molecular weight is 590 g/mol. The molecule has 162 valence electrons. The van der Waals surface area contributed by atoms with Crippen molar-refractivity contribution in [2.24, 2.45) is 7.05 Å². The number of amides is 2. The maximum atomic E-state index is 12.5. The lowest BCUT2D eigenvalue weighted by atomic mass is 10.2. The number of nitrogens with zero attached hydrogens (tertiary/aromatic N) is 3. The van der Waals surface area contributed by atoms with Crippen molar-refractivity contribution in [1.29, 1.82) is 0 Å². The molecule has 1 aromatic heterocycles. The van der Waals surface area contributed by atoms with E-state index in [1.807, 2.05) is 24.3 Å². The number of nitrogens with one attached hydrogen (secondary N) is 2. The van der Waals surface area contributed by atoms with Crippen molar-refractivity contribution in [3.05, 3.63) is 67.5 Å². The van der Waals surface area contributed by atoms with E-state index >= 15 is 0 Å². The van der Waals surface area contributed by atoms with Crippen molar-refractivity contribution < 1.29 is 9.59 Å². The smallest absolute Gasteiger partial charge is 0.251 e. The van der Waals surface area contributed by atoms with E-state index in [2.05, 4.69) is 43.4 Å². The first-order valence-electron chi connectivity index (χ1n) is 9.08. The molecular formula is C20H18Cl2IN5O2S. The number of rotatable bonds is 7. The second-order valence-electron chi connectivity index (χ2n) is 6.57. The molecule has 31 heavy (non-hydrogen) atoms. The van der Waals surface area contributed by atoms with E-state index < -0.39 is 6.04 Å². The predicted octanol–water partition coefficient (Wildman–Crippen LogP) is 4.95. The molecule has 0 saturated heterocycles. The highest BCUT2D eigenvalue weighted by Crippen LogP contribution is 2.24. The van der Waals surface area contributed by atoms with E-state index in [9.17, 15) is 9.59 Å². The summed E-state index contributed by atoms with van der Waals surface area (Å²) in [5, 5.41) is 15.3. The fraction of sp³-hybridized carbons (Fsp3) is 0.200. The monoisotopic (exact) mass is 589 g/mol. The van der Waals surface area contributed by atoms with Crippen LogP contribution < -0.4 is 10.6 Å². The first-order chi connectivity index (χ1) is 14.7. The Bertz CT molecular complexity index is 1110. The molecule has 2 amide bonds. The minimum atomic E-state index is -0.408. The Hall–Kier alpha value is -1.82. The zero-order chi connectivity index (χ0) is 22.5. The molecule has 0 aliphatic rings. The maximum absolute atomic E-state index is 12.5. The SMILES string of the molecule is C[C@H](NC(=O)c1ccc(Cl)c(Cl)c1)c1nnc(SCC(=O)Nc2ccc(I)cc2)n1C. The van der Waals surface area contributed by atoms with Gasteiger partial charge in [-0.25, -0.2) is 0 Å². The number of hydrogen-bond donors (Lipinski definition) is 2. The quantitative estimate of drug-likeness (QED) is 0.301. The molecule has 0 bridgehead atoms.